The van der Waals surface area contributed by atoms with E-state index in [-0.39, 0.29) is 11.9 Å². The lowest BCUT2D eigenvalue weighted by molar-refractivity contribution is 0.0913. The second-order valence-electron chi connectivity index (χ2n) is 7.94. The van der Waals surface area contributed by atoms with E-state index in [1.54, 1.807) is 12.5 Å². The largest absolute Gasteiger partial charge is 0.468 e. The number of carbonyl (C=O) groups is 1. The third-order valence-electron chi connectivity index (χ3n) is 5.89. The van der Waals surface area contributed by atoms with Crippen LogP contribution in [0.1, 0.15) is 59.6 Å². The van der Waals surface area contributed by atoms with Crippen molar-refractivity contribution < 1.29 is 9.21 Å². The van der Waals surface area contributed by atoms with Crippen LogP contribution in [0.15, 0.2) is 53.3 Å². The average Bonchev–Trinajstić information content (AvgIpc) is 3.45. The second-order valence-corrected chi connectivity index (χ2v) is 7.94. The lowest BCUT2D eigenvalue weighted by atomic mass is 10.1. The molecule has 1 fully saturated rings. The van der Waals surface area contributed by atoms with Crippen LogP contribution in [0.3, 0.4) is 0 Å². The van der Waals surface area contributed by atoms with Gasteiger partial charge in [-0.2, -0.15) is 5.10 Å². The van der Waals surface area contributed by atoms with Gasteiger partial charge in [-0.25, -0.2) is 4.68 Å². The average molecular weight is 407 g/mol. The van der Waals surface area contributed by atoms with E-state index in [9.17, 15) is 4.79 Å². The summed E-state index contributed by atoms with van der Waals surface area (Å²) in [5.41, 5.74) is 3.72. The van der Waals surface area contributed by atoms with Crippen molar-refractivity contribution in [1.29, 1.82) is 0 Å². The van der Waals surface area contributed by atoms with Gasteiger partial charge in [0.15, 0.2) is 0 Å². The molecule has 0 saturated carbocycles. The Morgan fingerprint density at radius 3 is 2.60 bits per heavy atom. The van der Waals surface area contributed by atoms with Gasteiger partial charge in [0.05, 0.1) is 35.4 Å². The molecule has 1 saturated heterocycles. The predicted molar refractivity (Wildman–Crippen MR) is 117 cm³/mol. The molecule has 30 heavy (non-hydrogen) atoms. The summed E-state index contributed by atoms with van der Waals surface area (Å²) in [6.07, 6.45) is 7.75. The normalized spacial score (nSPS) is 15.8. The third-order valence-corrected chi connectivity index (χ3v) is 5.89. The number of hydrogen-bond acceptors (Lipinski definition) is 4. The van der Waals surface area contributed by atoms with Crippen molar-refractivity contribution in [3.63, 3.8) is 0 Å². The Balaban J connectivity index is 1.51. The summed E-state index contributed by atoms with van der Waals surface area (Å²) in [7, 11) is 0. The number of rotatable bonds is 7. The van der Waals surface area contributed by atoms with Crippen molar-refractivity contribution >= 4 is 5.91 Å². The van der Waals surface area contributed by atoms with Crippen LogP contribution >= 0.6 is 0 Å². The van der Waals surface area contributed by atoms with E-state index in [4.69, 9.17) is 4.42 Å². The lowest BCUT2D eigenvalue weighted by Gasteiger charge is -2.33. The zero-order chi connectivity index (χ0) is 20.9. The molecular formula is C24H30N4O2. The molecular weight excluding hydrogens is 376 g/mol. The van der Waals surface area contributed by atoms with E-state index in [1.807, 2.05) is 28.9 Å². The fourth-order valence-electron chi connectivity index (χ4n) is 4.22. The molecule has 6 nitrogen and oxygen atoms in total. The van der Waals surface area contributed by atoms with Crippen LogP contribution in [-0.4, -0.2) is 40.2 Å². The quantitative estimate of drug-likeness (QED) is 0.636. The highest BCUT2D eigenvalue weighted by Gasteiger charge is 2.26. The Hall–Kier alpha value is -2.86. The Labute approximate surface area is 177 Å². The van der Waals surface area contributed by atoms with E-state index in [0.717, 1.165) is 36.7 Å². The van der Waals surface area contributed by atoms with Crippen LogP contribution < -0.4 is 5.32 Å². The number of nitrogens with one attached hydrogen (secondary N) is 1. The molecule has 3 aromatic rings. The Bertz CT molecular complexity index is 954. The molecule has 0 unspecified atom stereocenters. The zero-order valence-corrected chi connectivity index (χ0v) is 17.8. The number of nitrogens with zero attached hydrogens (tertiary/aromatic N) is 3. The molecule has 6 heteroatoms. The Morgan fingerprint density at radius 1 is 1.17 bits per heavy atom. The maximum atomic E-state index is 13.1. The van der Waals surface area contributed by atoms with E-state index in [1.165, 1.54) is 24.8 Å². The first-order valence-electron chi connectivity index (χ1n) is 10.9. The van der Waals surface area contributed by atoms with Gasteiger partial charge in [0.2, 0.25) is 0 Å². The third kappa shape index (κ3) is 4.33. The molecule has 1 aliphatic heterocycles. The summed E-state index contributed by atoms with van der Waals surface area (Å²) in [5, 5.41) is 7.64. The number of likely N-dealkylation sites (tertiary alicyclic amines) is 1. The molecule has 0 aliphatic carbocycles. The highest BCUT2D eigenvalue weighted by atomic mass is 16.3. The van der Waals surface area contributed by atoms with Gasteiger partial charge in [0.1, 0.15) is 5.76 Å². The van der Waals surface area contributed by atoms with Gasteiger partial charge in [-0.1, -0.05) is 31.0 Å². The molecule has 1 amide bonds. The first-order chi connectivity index (χ1) is 14.7. The molecule has 3 heterocycles. The SMILES string of the molecule is CCc1c(C(=O)NC[C@H](c2ccco2)N2CCCCC2)cnn1-c1ccc(C)cc1. The molecule has 2 aromatic heterocycles. The highest BCUT2D eigenvalue weighted by molar-refractivity contribution is 5.95. The van der Waals surface area contributed by atoms with Crippen molar-refractivity contribution in [3.8, 4) is 5.69 Å². The minimum Gasteiger partial charge on any atom is -0.468 e. The van der Waals surface area contributed by atoms with Crippen molar-refractivity contribution in [3.05, 3.63) is 71.4 Å². The molecule has 0 radical (unpaired) electrons. The zero-order valence-electron chi connectivity index (χ0n) is 17.8. The molecule has 0 spiro atoms. The molecule has 1 aliphatic rings. The fourth-order valence-corrected chi connectivity index (χ4v) is 4.22. The van der Waals surface area contributed by atoms with Crippen LogP contribution in [0.5, 0.6) is 0 Å². The van der Waals surface area contributed by atoms with Crippen LogP contribution in [0.4, 0.5) is 0 Å². The first kappa shape index (κ1) is 20.4. The number of hydrogen-bond donors (Lipinski definition) is 1. The van der Waals surface area contributed by atoms with Crippen molar-refractivity contribution in [2.75, 3.05) is 19.6 Å². The number of carbonyl (C=O) groups excluding carboxylic acids is 1. The molecule has 0 bridgehead atoms. The smallest absolute Gasteiger partial charge is 0.254 e. The fraction of sp³-hybridized carbons (Fsp3) is 0.417. The summed E-state index contributed by atoms with van der Waals surface area (Å²) in [6.45, 7) is 6.70. The first-order valence-corrected chi connectivity index (χ1v) is 10.9. The summed E-state index contributed by atoms with van der Waals surface area (Å²) in [5.74, 6) is 0.821. The standard InChI is InChI=1S/C24H30N4O2/c1-3-21-20(16-26-28(21)19-11-9-18(2)10-12-19)24(29)25-17-22(23-8-7-15-30-23)27-13-5-4-6-14-27/h7-12,15-16,22H,3-6,13-14,17H2,1-2H3,(H,25,29)/t22-/m1/s1. The molecule has 1 aromatic carbocycles. The van der Waals surface area contributed by atoms with E-state index >= 15 is 0 Å². The number of benzene rings is 1. The number of furan rings is 1. The van der Waals surface area contributed by atoms with E-state index < -0.39 is 0 Å². The summed E-state index contributed by atoms with van der Waals surface area (Å²) in [4.78, 5) is 15.5. The molecule has 1 atom stereocenters. The molecule has 4 rings (SSSR count). The van der Waals surface area contributed by atoms with Gasteiger partial charge in [-0.3, -0.25) is 9.69 Å². The monoisotopic (exact) mass is 406 g/mol. The van der Waals surface area contributed by atoms with Crippen molar-refractivity contribution in [2.45, 2.75) is 45.6 Å². The Kier molecular flexibility index (Phi) is 6.33. The van der Waals surface area contributed by atoms with Crippen LogP contribution in [0, 0.1) is 6.92 Å². The number of aromatic nitrogens is 2. The maximum Gasteiger partial charge on any atom is 0.254 e. The number of aryl methyl sites for hydroxylation is 1. The number of piperidine rings is 1. The van der Waals surface area contributed by atoms with Crippen LogP contribution in [0.25, 0.3) is 5.69 Å². The maximum absolute atomic E-state index is 13.1. The Morgan fingerprint density at radius 2 is 1.93 bits per heavy atom. The van der Waals surface area contributed by atoms with Crippen LogP contribution in [0.2, 0.25) is 0 Å². The summed E-state index contributed by atoms with van der Waals surface area (Å²) >= 11 is 0. The lowest BCUT2D eigenvalue weighted by Crippen LogP contribution is -2.40. The second kappa shape index (κ2) is 9.30. The molecule has 1 N–H and O–H groups in total. The highest BCUT2D eigenvalue weighted by Crippen LogP contribution is 2.25. The van der Waals surface area contributed by atoms with Gasteiger partial charge in [0.25, 0.3) is 5.91 Å². The molecule has 158 valence electrons. The van der Waals surface area contributed by atoms with Crippen molar-refractivity contribution in [2.24, 2.45) is 0 Å². The van der Waals surface area contributed by atoms with E-state index in [2.05, 4.69) is 41.3 Å². The van der Waals surface area contributed by atoms with Crippen LogP contribution in [-0.2, 0) is 6.42 Å². The van der Waals surface area contributed by atoms with Gasteiger partial charge in [0, 0.05) is 6.54 Å². The topological polar surface area (TPSA) is 63.3 Å². The van der Waals surface area contributed by atoms with Gasteiger partial charge in [-0.15, -0.1) is 0 Å². The van der Waals surface area contributed by atoms with Gasteiger partial charge in [-0.05, 0) is 63.5 Å². The van der Waals surface area contributed by atoms with Gasteiger partial charge >= 0.3 is 0 Å². The summed E-state index contributed by atoms with van der Waals surface area (Å²) < 4.78 is 7.56. The minimum atomic E-state index is -0.0845. The predicted octanol–water partition coefficient (Wildman–Crippen LogP) is 4.29. The summed E-state index contributed by atoms with van der Waals surface area (Å²) in [6, 6.07) is 12.2. The van der Waals surface area contributed by atoms with Crippen molar-refractivity contribution in [1.82, 2.24) is 20.0 Å². The minimum absolute atomic E-state index is 0.0569. The van der Waals surface area contributed by atoms with E-state index in [0.29, 0.717) is 12.1 Å². The van der Waals surface area contributed by atoms with Gasteiger partial charge < -0.3 is 9.73 Å². The number of amides is 1.